The van der Waals surface area contributed by atoms with E-state index in [4.69, 9.17) is 0 Å². The van der Waals surface area contributed by atoms with Gasteiger partial charge in [-0.3, -0.25) is 4.79 Å². The maximum Gasteiger partial charge on any atom is 0.234 e. The van der Waals surface area contributed by atoms with Crippen molar-refractivity contribution in [2.24, 2.45) is 5.41 Å². The van der Waals surface area contributed by atoms with Crippen LogP contribution in [0.2, 0.25) is 0 Å². The van der Waals surface area contributed by atoms with E-state index in [1.807, 2.05) is 0 Å². The summed E-state index contributed by atoms with van der Waals surface area (Å²) in [7, 11) is 0. The lowest BCUT2D eigenvalue weighted by Crippen LogP contribution is -2.43. The van der Waals surface area contributed by atoms with Gasteiger partial charge >= 0.3 is 0 Å². The molecule has 104 valence electrons. The fraction of sp³-hybridized carbons (Fsp3) is 0.933. The molecule has 2 aliphatic carbocycles. The van der Waals surface area contributed by atoms with E-state index in [2.05, 4.69) is 24.5 Å². The van der Waals surface area contributed by atoms with Crippen LogP contribution in [0.4, 0.5) is 0 Å². The highest BCUT2D eigenvalue weighted by Crippen LogP contribution is 2.36. The third-order valence-electron chi connectivity index (χ3n) is 4.49. The van der Waals surface area contributed by atoms with Crippen molar-refractivity contribution in [3.8, 4) is 0 Å². The first-order valence-electron chi connectivity index (χ1n) is 7.58. The Morgan fingerprint density at radius 1 is 1.11 bits per heavy atom. The van der Waals surface area contributed by atoms with E-state index >= 15 is 0 Å². The predicted molar refractivity (Wildman–Crippen MR) is 74.4 cm³/mol. The Hall–Kier alpha value is -0.570. The van der Waals surface area contributed by atoms with Gasteiger partial charge in [-0.15, -0.1) is 0 Å². The third-order valence-corrected chi connectivity index (χ3v) is 4.49. The molecule has 3 nitrogen and oxygen atoms in total. The van der Waals surface area contributed by atoms with Gasteiger partial charge in [0.05, 0.1) is 6.54 Å². The van der Waals surface area contributed by atoms with Crippen LogP contribution in [-0.4, -0.2) is 24.5 Å². The van der Waals surface area contributed by atoms with Crippen LogP contribution < -0.4 is 10.6 Å². The molecule has 1 atom stereocenters. The summed E-state index contributed by atoms with van der Waals surface area (Å²) in [5.41, 5.74) is 0.456. The van der Waals surface area contributed by atoms with E-state index in [1.165, 1.54) is 51.4 Å². The average Bonchev–Trinajstić information content (AvgIpc) is 2.68. The number of nitrogens with one attached hydrogen (secondary N) is 2. The minimum atomic E-state index is 0.187. The molecule has 0 spiro atoms. The van der Waals surface area contributed by atoms with Gasteiger partial charge in [-0.1, -0.05) is 33.1 Å². The number of hydrogen-bond donors (Lipinski definition) is 2. The van der Waals surface area contributed by atoms with E-state index in [0.717, 1.165) is 0 Å². The van der Waals surface area contributed by atoms with Crippen LogP contribution in [0.1, 0.15) is 65.2 Å². The molecule has 0 aromatic rings. The Kier molecular flexibility index (Phi) is 4.66. The van der Waals surface area contributed by atoms with Crippen molar-refractivity contribution in [3.05, 3.63) is 0 Å². The summed E-state index contributed by atoms with van der Waals surface area (Å²) in [5.74, 6) is 0.187. The molecule has 1 amide bonds. The Balaban J connectivity index is 1.63. The Morgan fingerprint density at radius 3 is 2.44 bits per heavy atom. The summed E-state index contributed by atoms with van der Waals surface area (Å²) >= 11 is 0. The zero-order valence-electron chi connectivity index (χ0n) is 11.9. The molecule has 0 saturated heterocycles. The standard InChI is InChI=1S/C15H28N2O/c1-15(2)9-8-13(10-15)16-11-14(18)17-12-6-4-3-5-7-12/h12-13,16H,3-11H2,1-2H3,(H,17,18). The summed E-state index contributed by atoms with van der Waals surface area (Å²) < 4.78 is 0. The first-order chi connectivity index (χ1) is 8.55. The second-order valence-corrected chi connectivity index (χ2v) is 6.89. The maximum atomic E-state index is 11.9. The number of rotatable bonds is 4. The van der Waals surface area contributed by atoms with Gasteiger partial charge in [0.25, 0.3) is 0 Å². The van der Waals surface area contributed by atoms with Crippen molar-refractivity contribution in [3.63, 3.8) is 0 Å². The van der Waals surface area contributed by atoms with Gasteiger partial charge in [-0.25, -0.2) is 0 Å². The molecule has 0 radical (unpaired) electrons. The highest BCUT2D eigenvalue weighted by atomic mass is 16.1. The van der Waals surface area contributed by atoms with Crippen LogP contribution in [-0.2, 0) is 4.79 Å². The Morgan fingerprint density at radius 2 is 1.83 bits per heavy atom. The van der Waals surface area contributed by atoms with E-state index in [9.17, 15) is 4.79 Å². The SMILES string of the molecule is CC1(C)CCC(NCC(=O)NC2CCCCC2)C1. The Bertz CT molecular complexity index is 282. The minimum Gasteiger partial charge on any atom is -0.352 e. The molecule has 2 aliphatic rings. The van der Waals surface area contributed by atoms with Crippen LogP contribution in [0.25, 0.3) is 0 Å². The second-order valence-electron chi connectivity index (χ2n) is 6.89. The highest BCUT2D eigenvalue weighted by Gasteiger charge is 2.30. The molecule has 0 aromatic heterocycles. The number of amides is 1. The summed E-state index contributed by atoms with van der Waals surface area (Å²) in [4.78, 5) is 11.9. The first kappa shape index (κ1) is 13.9. The largest absolute Gasteiger partial charge is 0.352 e. The first-order valence-corrected chi connectivity index (χ1v) is 7.58. The molecular weight excluding hydrogens is 224 g/mol. The monoisotopic (exact) mass is 252 g/mol. The predicted octanol–water partition coefficient (Wildman–Crippen LogP) is 2.60. The van der Waals surface area contributed by atoms with Gasteiger partial charge < -0.3 is 10.6 Å². The summed E-state index contributed by atoms with van der Waals surface area (Å²) in [6.07, 6.45) is 9.90. The second kappa shape index (κ2) is 6.05. The van der Waals surface area contributed by atoms with Crippen LogP contribution >= 0.6 is 0 Å². The molecule has 0 aliphatic heterocycles. The van der Waals surface area contributed by atoms with Gasteiger partial charge in [-0.05, 0) is 37.5 Å². The molecule has 0 aromatic carbocycles. The van der Waals surface area contributed by atoms with Gasteiger partial charge in [0.2, 0.25) is 5.91 Å². The van der Waals surface area contributed by atoms with E-state index in [0.29, 0.717) is 24.0 Å². The molecule has 0 heterocycles. The molecule has 2 rings (SSSR count). The van der Waals surface area contributed by atoms with Gasteiger partial charge in [-0.2, -0.15) is 0 Å². The van der Waals surface area contributed by atoms with Crippen molar-refractivity contribution in [2.45, 2.75) is 77.3 Å². The third kappa shape index (κ3) is 4.27. The van der Waals surface area contributed by atoms with Crippen LogP contribution in [0.5, 0.6) is 0 Å². The number of carbonyl (C=O) groups excluding carboxylic acids is 1. The van der Waals surface area contributed by atoms with Gasteiger partial charge in [0, 0.05) is 12.1 Å². The van der Waals surface area contributed by atoms with Gasteiger partial charge in [0.15, 0.2) is 0 Å². The molecular formula is C15H28N2O. The number of carbonyl (C=O) groups is 1. The van der Waals surface area contributed by atoms with E-state index < -0.39 is 0 Å². The smallest absolute Gasteiger partial charge is 0.234 e. The summed E-state index contributed by atoms with van der Waals surface area (Å²) in [5, 5.41) is 6.58. The molecule has 2 N–H and O–H groups in total. The topological polar surface area (TPSA) is 41.1 Å². The molecule has 3 heteroatoms. The summed E-state index contributed by atoms with van der Waals surface area (Å²) in [6.45, 7) is 5.13. The zero-order chi connectivity index (χ0) is 13.0. The lowest BCUT2D eigenvalue weighted by atomic mass is 9.92. The van der Waals surface area contributed by atoms with Crippen LogP contribution in [0.3, 0.4) is 0 Å². The van der Waals surface area contributed by atoms with E-state index in [1.54, 1.807) is 0 Å². The molecule has 2 saturated carbocycles. The Labute approximate surface area is 111 Å². The number of hydrogen-bond acceptors (Lipinski definition) is 2. The van der Waals surface area contributed by atoms with Crippen molar-refractivity contribution < 1.29 is 4.79 Å². The molecule has 18 heavy (non-hydrogen) atoms. The lowest BCUT2D eigenvalue weighted by molar-refractivity contribution is -0.121. The fourth-order valence-corrected chi connectivity index (χ4v) is 3.37. The fourth-order valence-electron chi connectivity index (χ4n) is 3.37. The molecule has 2 fully saturated rings. The van der Waals surface area contributed by atoms with Gasteiger partial charge in [0.1, 0.15) is 0 Å². The quantitative estimate of drug-likeness (QED) is 0.807. The van der Waals surface area contributed by atoms with Crippen molar-refractivity contribution >= 4 is 5.91 Å². The molecule has 1 unspecified atom stereocenters. The van der Waals surface area contributed by atoms with Crippen molar-refractivity contribution in [1.29, 1.82) is 0 Å². The van der Waals surface area contributed by atoms with Crippen molar-refractivity contribution in [1.82, 2.24) is 10.6 Å². The van der Waals surface area contributed by atoms with Crippen LogP contribution in [0, 0.1) is 5.41 Å². The van der Waals surface area contributed by atoms with Crippen LogP contribution in [0.15, 0.2) is 0 Å². The lowest BCUT2D eigenvalue weighted by Gasteiger charge is -2.23. The highest BCUT2D eigenvalue weighted by molar-refractivity contribution is 5.78. The average molecular weight is 252 g/mol. The minimum absolute atomic E-state index is 0.187. The normalized spacial score (nSPS) is 28.2. The van der Waals surface area contributed by atoms with Crippen molar-refractivity contribution in [2.75, 3.05) is 6.54 Å². The summed E-state index contributed by atoms with van der Waals surface area (Å²) in [6, 6.07) is 0.977. The zero-order valence-corrected chi connectivity index (χ0v) is 11.9. The molecule has 0 bridgehead atoms. The van der Waals surface area contributed by atoms with E-state index in [-0.39, 0.29) is 5.91 Å². The maximum absolute atomic E-state index is 11.9.